The van der Waals surface area contributed by atoms with E-state index < -0.39 is 0 Å². The van der Waals surface area contributed by atoms with Gasteiger partial charge in [-0.3, -0.25) is 0 Å². The molecule has 0 spiro atoms. The molecule has 6 rings (SSSR count). The van der Waals surface area contributed by atoms with E-state index in [0.717, 1.165) is 33.8 Å². The smallest absolute Gasteiger partial charge is 0.0462 e. The van der Waals surface area contributed by atoms with Crippen LogP contribution in [0.1, 0.15) is 33.4 Å². The van der Waals surface area contributed by atoms with Gasteiger partial charge in [-0.15, -0.1) is 0 Å². The Balaban J connectivity index is 1.28. The maximum absolute atomic E-state index is 2.31. The first-order valence-electron chi connectivity index (χ1n) is 14.6. The summed E-state index contributed by atoms with van der Waals surface area (Å²) in [6.45, 7) is 0. The Labute approximate surface area is 255 Å². The molecule has 6 aromatic rings. The topological polar surface area (TPSA) is 3.24 Å². The van der Waals surface area contributed by atoms with Crippen molar-refractivity contribution in [2.24, 2.45) is 0 Å². The van der Waals surface area contributed by atoms with E-state index in [1.165, 1.54) is 16.7 Å². The standard InChI is InChI=1S/C42H33N/c1-4-10-34(11-5-1)16-19-37-22-28-40(29-23-37)43(41-30-24-38(25-31-41)20-17-35-12-6-2-7-13-35)42-32-26-39(27-33-42)21-18-36-14-8-3-9-15-36/h1-33H. The number of hydrogen-bond donors (Lipinski definition) is 0. The summed E-state index contributed by atoms with van der Waals surface area (Å²) in [5.74, 6) is 0. The van der Waals surface area contributed by atoms with Crippen molar-refractivity contribution >= 4 is 53.5 Å². The Morgan fingerprint density at radius 3 is 0.674 bits per heavy atom. The molecule has 0 aliphatic heterocycles. The molecule has 0 radical (unpaired) electrons. The van der Waals surface area contributed by atoms with Gasteiger partial charge in [0.15, 0.2) is 0 Å². The molecule has 0 aliphatic rings. The third-order valence-electron chi connectivity index (χ3n) is 7.26. The molecule has 0 amide bonds. The maximum Gasteiger partial charge on any atom is 0.0462 e. The zero-order valence-electron chi connectivity index (χ0n) is 24.0. The molecule has 0 saturated heterocycles. The number of benzene rings is 6. The predicted molar refractivity (Wildman–Crippen MR) is 187 cm³/mol. The highest BCUT2D eigenvalue weighted by atomic mass is 15.1. The minimum absolute atomic E-state index is 1.11. The summed E-state index contributed by atoms with van der Waals surface area (Å²) < 4.78 is 0. The van der Waals surface area contributed by atoms with E-state index in [4.69, 9.17) is 0 Å². The van der Waals surface area contributed by atoms with E-state index in [2.05, 4.69) is 187 Å². The summed E-state index contributed by atoms with van der Waals surface area (Å²) in [6.07, 6.45) is 12.9. The third-order valence-corrected chi connectivity index (χ3v) is 7.26. The number of anilines is 3. The second kappa shape index (κ2) is 13.8. The molecule has 0 unspecified atom stereocenters. The molecule has 0 saturated carbocycles. The first-order valence-corrected chi connectivity index (χ1v) is 14.6. The van der Waals surface area contributed by atoms with Crippen LogP contribution in [0.25, 0.3) is 36.5 Å². The van der Waals surface area contributed by atoms with Gasteiger partial charge in [0, 0.05) is 17.1 Å². The zero-order valence-corrected chi connectivity index (χ0v) is 24.0. The van der Waals surface area contributed by atoms with Crippen LogP contribution in [0, 0.1) is 0 Å². The second-order valence-electron chi connectivity index (χ2n) is 10.3. The van der Waals surface area contributed by atoms with Gasteiger partial charge in [0.2, 0.25) is 0 Å². The summed E-state index contributed by atoms with van der Waals surface area (Å²) in [5, 5.41) is 0. The largest absolute Gasteiger partial charge is 0.311 e. The lowest BCUT2D eigenvalue weighted by molar-refractivity contribution is 1.28. The van der Waals surface area contributed by atoms with Crippen LogP contribution >= 0.6 is 0 Å². The maximum atomic E-state index is 2.31. The SMILES string of the molecule is C(=Cc1ccc(N(c2ccc(C=Cc3ccccc3)cc2)c2ccc(C=Cc3ccccc3)cc2)cc1)c1ccccc1. The predicted octanol–water partition coefficient (Wildman–Crippen LogP) is 11.7. The highest BCUT2D eigenvalue weighted by Crippen LogP contribution is 2.35. The van der Waals surface area contributed by atoms with E-state index >= 15 is 0 Å². The molecule has 43 heavy (non-hydrogen) atoms. The summed E-state index contributed by atoms with van der Waals surface area (Å²) >= 11 is 0. The molecular formula is C42H33N. The van der Waals surface area contributed by atoms with Crippen LogP contribution in [0.2, 0.25) is 0 Å². The van der Waals surface area contributed by atoms with E-state index in [0.29, 0.717) is 0 Å². The van der Waals surface area contributed by atoms with Crippen molar-refractivity contribution in [3.63, 3.8) is 0 Å². The molecule has 0 atom stereocenters. The Kier molecular flexibility index (Phi) is 8.83. The van der Waals surface area contributed by atoms with Crippen molar-refractivity contribution in [1.82, 2.24) is 0 Å². The van der Waals surface area contributed by atoms with Crippen LogP contribution in [-0.2, 0) is 0 Å². The van der Waals surface area contributed by atoms with Gasteiger partial charge in [-0.1, -0.05) is 164 Å². The van der Waals surface area contributed by atoms with E-state index in [9.17, 15) is 0 Å². The molecular weight excluding hydrogens is 518 g/mol. The van der Waals surface area contributed by atoms with Crippen LogP contribution < -0.4 is 4.90 Å². The lowest BCUT2D eigenvalue weighted by atomic mass is 10.1. The van der Waals surface area contributed by atoms with Gasteiger partial charge in [0.1, 0.15) is 0 Å². The van der Waals surface area contributed by atoms with Gasteiger partial charge >= 0.3 is 0 Å². The monoisotopic (exact) mass is 551 g/mol. The fourth-order valence-electron chi connectivity index (χ4n) is 4.92. The minimum Gasteiger partial charge on any atom is -0.311 e. The van der Waals surface area contributed by atoms with E-state index in [1.54, 1.807) is 0 Å². The highest BCUT2D eigenvalue weighted by molar-refractivity contribution is 5.80. The first-order chi connectivity index (χ1) is 21.3. The van der Waals surface area contributed by atoms with Crippen molar-refractivity contribution < 1.29 is 0 Å². The van der Waals surface area contributed by atoms with Gasteiger partial charge in [-0.2, -0.15) is 0 Å². The fraction of sp³-hybridized carbons (Fsp3) is 0. The van der Waals surface area contributed by atoms with Crippen LogP contribution in [0.3, 0.4) is 0 Å². The summed E-state index contributed by atoms with van der Waals surface area (Å²) in [4.78, 5) is 2.31. The van der Waals surface area contributed by atoms with Crippen molar-refractivity contribution in [3.05, 3.63) is 197 Å². The first kappa shape index (κ1) is 27.5. The van der Waals surface area contributed by atoms with Gasteiger partial charge in [0.25, 0.3) is 0 Å². The lowest BCUT2D eigenvalue weighted by Crippen LogP contribution is -2.09. The number of hydrogen-bond acceptors (Lipinski definition) is 1. The molecule has 1 nitrogen and oxygen atoms in total. The molecule has 0 N–H and O–H groups in total. The van der Waals surface area contributed by atoms with Crippen LogP contribution in [0.15, 0.2) is 164 Å². The third kappa shape index (κ3) is 7.55. The Hall–Kier alpha value is -5.66. The number of rotatable bonds is 9. The molecule has 0 aliphatic carbocycles. The van der Waals surface area contributed by atoms with Crippen molar-refractivity contribution in [1.29, 1.82) is 0 Å². The quantitative estimate of drug-likeness (QED) is 0.162. The molecule has 0 aromatic heterocycles. The van der Waals surface area contributed by atoms with Gasteiger partial charge in [0.05, 0.1) is 0 Å². The van der Waals surface area contributed by atoms with Crippen LogP contribution in [-0.4, -0.2) is 0 Å². The molecule has 0 bridgehead atoms. The highest BCUT2D eigenvalue weighted by Gasteiger charge is 2.12. The molecule has 206 valence electrons. The lowest BCUT2D eigenvalue weighted by Gasteiger charge is -2.26. The van der Waals surface area contributed by atoms with Crippen molar-refractivity contribution in [3.8, 4) is 0 Å². The van der Waals surface area contributed by atoms with Gasteiger partial charge < -0.3 is 4.90 Å². The van der Waals surface area contributed by atoms with E-state index in [1.807, 2.05) is 18.2 Å². The van der Waals surface area contributed by atoms with Crippen molar-refractivity contribution in [2.45, 2.75) is 0 Å². The van der Waals surface area contributed by atoms with Gasteiger partial charge in [-0.25, -0.2) is 0 Å². The molecule has 6 aromatic carbocycles. The van der Waals surface area contributed by atoms with E-state index in [-0.39, 0.29) is 0 Å². The normalized spacial score (nSPS) is 11.4. The number of nitrogens with zero attached hydrogens (tertiary/aromatic N) is 1. The molecule has 0 heterocycles. The molecule has 0 fully saturated rings. The van der Waals surface area contributed by atoms with Gasteiger partial charge in [-0.05, 0) is 69.8 Å². The second-order valence-corrected chi connectivity index (χ2v) is 10.3. The average molecular weight is 552 g/mol. The average Bonchev–Trinajstić information content (AvgIpc) is 3.09. The summed E-state index contributed by atoms with van der Waals surface area (Å²) in [5.41, 5.74) is 10.4. The zero-order chi connectivity index (χ0) is 29.1. The van der Waals surface area contributed by atoms with Crippen molar-refractivity contribution in [2.75, 3.05) is 4.90 Å². The summed E-state index contributed by atoms with van der Waals surface area (Å²) in [6, 6.07) is 57.4. The minimum atomic E-state index is 1.11. The Morgan fingerprint density at radius 2 is 0.442 bits per heavy atom. The fourth-order valence-corrected chi connectivity index (χ4v) is 4.92. The Morgan fingerprint density at radius 1 is 0.233 bits per heavy atom. The molecule has 1 heteroatoms. The van der Waals surface area contributed by atoms with Crippen LogP contribution in [0.5, 0.6) is 0 Å². The van der Waals surface area contributed by atoms with Crippen LogP contribution in [0.4, 0.5) is 17.1 Å². The Bertz CT molecular complexity index is 1580. The summed E-state index contributed by atoms with van der Waals surface area (Å²) in [7, 11) is 0.